The van der Waals surface area contributed by atoms with Crippen molar-refractivity contribution in [3.63, 3.8) is 0 Å². The molecule has 58 valence electrons. The first-order valence-corrected chi connectivity index (χ1v) is 3.02. The zero-order chi connectivity index (χ0) is 5.54. The number of hydrogen-bond donors (Lipinski definition) is 0. The predicted octanol–water partition coefficient (Wildman–Crippen LogP) is -3.24. The minimum atomic E-state index is 0. The molecule has 0 aliphatic heterocycles. The number of halogens is 2. The fraction of sp³-hybridized carbons (Fsp3) is 0.714. The smallest absolute Gasteiger partial charge is 1.00 e. The molecule has 0 saturated carbocycles. The van der Waals surface area contributed by atoms with E-state index in [-0.39, 0.29) is 51.0 Å². The Morgan fingerprint density at radius 2 is 1.70 bits per heavy atom. The molecular weight excluding hydrogens is 246 g/mol. The van der Waals surface area contributed by atoms with Gasteiger partial charge in [0.25, 0.3) is 0 Å². The summed E-state index contributed by atoms with van der Waals surface area (Å²) in [5, 5.41) is 0. The normalized spacial score (nSPS) is 6.10. The van der Waals surface area contributed by atoms with E-state index in [9.17, 15) is 0 Å². The average molecular weight is 260 g/mol. The van der Waals surface area contributed by atoms with Gasteiger partial charge in [0.1, 0.15) is 0 Å². The van der Waals surface area contributed by atoms with Gasteiger partial charge in [-0.25, -0.2) is 0 Å². The summed E-state index contributed by atoms with van der Waals surface area (Å²) < 4.78 is 0. The van der Waals surface area contributed by atoms with E-state index >= 15 is 0 Å². The molecule has 0 unspecified atom stereocenters. The largest absolute Gasteiger partial charge is 4.00 e. The molecule has 0 aliphatic rings. The molecule has 0 aromatic carbocycles. The third-order valence-electron chi connectivity index (χ3n) is 1.01. The molecular formula is C7H14Cl2Zr+2. The van der Waals surface area contributed by atoms with E-state index < -0.39 is 0 Å². The first-order chi connectivity index (χ1) is 3.41. The van der Waals surface area contributed by atoms with Crippen LogP contribution >= 0.6 is 0 Å². The van der Waals surface area contributed by atoms with Crippen LogP contribution in [0.3, 0.4) is 0 Å². The Morgan fingerprint density at radius 1 is 1.20 bits per heavy atom. The summed E-state index contributed by atoms with van der Waals surface area (Å²) in [5.41, 5.74) is 0. The Hall–Kier alpha value is 1.20. The van der Waals surface area contributed by atoms with E-state index in [1.165, 1.54) is 25.7 Å². The van der Waals surface area contributed by atoms with Crippen LogP contribution in [0, 0.1) is 0 Å². The molecule has 3 heteroatoms. The minimum absolute atomic E-state index is 0. The van der Waals surface area contributed by atoms with Gasteiger partial charge >= 0.3 is 26.2 Å². The molecule has 0 bridgehead atoms. The van der Waals surface area contributed by atoms with Gasteiger partial charge in [0, 0.05) is 0 Å². The maximum Gasteiger partial charge on any atom is 4.00 e. The first-order valence-electron chi connectivity index (χ1n) is 3.02. The summed E-state index contributed by atoms with van der Waals surface area (Å²) in [6.07, 6.45) is 7.16. The van der Waals surface area contributed by atoms with Crippen LogP contribution in [-0.2, 0) is 26.2 Å². The van der Waals surface area contributed by atoms with Gasteiger partial charge in [-0.15, -0.1) is 6.58 Å². The van der Waals surface area contributed by atoms with Crippen LogP contribution in [0.25, 0.3) is 0 Å². The van der Waals surface area contributed by atoms with Gasteiger partial charge in [-0.3, -0.25) is 0 Å². The van der Waals surface area contributed by atoms with Crippen molar-refractivity contribution in [2.75, 3.05) is 0 Å². The van der Waals surface area contributed by atoms with Crippen LogP contribution in [0.2, 0.25) is 0 Å². The average Bonchev–Trinajstić information content (AvgIpc) is 1.69. The number of unbranched alkanes of at least 4 members (excludes halogenated alkanes) is 3. The molecule has 0 fully saturated rings. The fourth-order valence-corrected chi connectivity index (χ4v) is 0.539. The summed E-state index contributed by atoms with van der Waals surface area (Å²) >= 11 is 0. The first kappa shape index (κ1) is 22.5. The van der Waals surface area contributed by atoms with E-state index in [0.717, 1.165) is 0 Å². The van der Waals surface area contributed by atoms with Crippen LogP contribution < -0.4 is 24.8 Å². The molecule has 0 rings (SSSR count). The predicted molar refractivity (Wildman–Crippen MR) is 34.3 cm³/mol. The molecule has 0 radical (unpaired) electrons. The quantitative estimate of drug-likeness (QED) is 0.368. The van der Waals surface area contributed by atoms with Crippen LogP contribution in [0.1, 0.15) is 32.6 Å². The van der Waals surface area contributed by atoms with Crippen LogP contribution in [0.5, 0.6) is 0 Å². The molecule has 10 heavy (non-hydrogen) atoms. The molecule has 0 aliphatic carbocycles. The topological polar surface area (TPSA) is 0 Å². The van der Waals surface area contributed by atoms with E-state index in [2.05, 4.69) is 13.5 Å². The van der Waals surface area contributed by atoms with Crippen molar-refractivity contribution in [1.82, 2.24) is 0 Å². The third-order valence-corrected chi connectivity index (χ3v) is 1.01. The van der Waals surface area contributed by atoms with Crippen LogP contribution in [-0.4, -0.2) is 0 Å². The molecule has 0 nitrogen and oxygen atoms in total. The summed E-state index contributed by atoms with van der Waals surface area (Å²) in [6, 6.07) is 0. The Morgan fingerprint density at radius 3 is 2.00 bits per heavy atom. The van der Waals surface area contributed by atoms with E-state index in [1.807, 2.05) is 6.08 Å². The molecule has 0 saturated heterocycles. The van der Waals surface area contributed by atoms with E-state index in [0.29, 0.717) is 0 Å². The number of allylic oxidation sites excluding steroid dienone is 1. The summed E-state index contributed by atoms with van der Waals surface area (Å²) in [7, 11) is 0. The van der Waals surface area contributed by atoms with Gasteiger partial charge in [-0.1, -0.05) is 25.8 Å². The van der Waals surface area contributed by atoms with Gasteiger partial charge in [-0.05, 0) is 12.8 Å². The van der Waals surface area contributed by atoms with Crippen LogP contribution in [0.15, 0.2) is 12.7 Å². The van der Waals surface area contributed by atoms with Crippen molar-refractivity contribution < 1.29 is 51.0 Å². The minimum Gasteiger partial charge on any atom is -1.00 e. The zero-order valence-corrected chi connectivity index (χ0v) is 10.3. The monoisotopic (exact) mass is 258 g/mol. The summed E-state index contributed by atoms with van der Waals surface area (Å²) in [4.78, 5) is 0. The summed E-state index contributed by atoms with van der Waals surface area (Å²) in [6.45, 7) is 5.84. The van der Waals surface area contributed by atoms with Gasteiger partial charge < -0.3 is 24.8 Å². The number of rotatable bonds is 4. The summed E-state index contributed by atoms with van der Waals surface area (Å²) in [5.74, 6) is 0. The van der Waals surface area contributed by atoms with Crippen molar-refractivity contribution in [1.29, 1.82) is 0 Å². The van der Waals surface area contributed by atoms with Crippen LogP contribution in [0.4, 0.5) is 0 Å². The molecule has 0 aromatic rings. The van der Waals surface area contributed by atoms with E-state index in [4.69, 9.17) is 0 Å². The zero-order valence-electron chi connectivity index (χ0n) is 6.37. The second-order valence-electron chi connectivity index (χ2n) is 1.78. The molecule has 0 spiro atoms. The SMILES string of the molecule is C=CCCCCC.[Cl-].[Cl-].[Zr+4]. The van der Waals surface area contributed by atoms with Gasteiger partial charge in [-0.2, -0.15) is 0 Å². The molecule has 0 heterocycles. The van der Waals surface area contributed by atoms with Gasteiger partial charge in [0.15, 0.2) is 0 Å². The Balaban J connectivity index is -0.0000000600. The van der Waals surface area contributed by atoms with Crippen molar-refractivity contribution in [3.8, 4) is 0 Å². The van der Waals surface area contributed by atoms with Gasteiger partial charge in [0.05, 0.1) is 0 Å². The third kappa shape index (κ3) is 22.9. The fourth-order valence-electron chi connectivity index (χ4n) is 0.539. The number of hydrogen-bond acceptors (Lipinski definition) is 0. The maximum atomic E-state index is 3.63. The Kier molecular flexibility index (Phi) is 50.5. The van der Waals surface area contributed by atoms with Crippen molar-refractivity contribution >= 4 is 0 Å². The standard InChI is InChI=1S/C7H14.2ClH.Zr/c1-3-5-7-6-4-2;;;/h3H,1,4-7H2,2H3;2*1H;/q;;;+4/p-2. The second kappa shape index (κ2) is 22.5. The molecule has 0 aromatic heterocycles. The van der Waals surface area contributed by atoms with Crippen molar-refractivity contribution in [2.24, 2.45) is 0 Å². The Bertz CT molecular complexity index is 48.9. The van der Waals surface area contributed by atoms with Crippen molar-refractivity contribution in [3.05, 3.63) is 12.7 Å². The van der Waals surface area contributed by atoms with E-state index in [1.54, 1.807) is 0 Å². The Labute approximate surface area is 95.8 Å². The molecule has 0 atom stereocenters. The molecule has 0 N–H and O–H groups in total. The second-order valence-corrected chi connectivity index (χ2v) is 1.78. The molecule has 0 amide bonds. The van der Waals surface area contributed by atoms with Crippen molar-refractivity contribution in [2.45, 2.75) is 32.6 Å². The van der Waals surface area contributed by atoms with Gasteiger partial charge in [0.2, 0.25) is 0 Å². The maximum absolute atomic E-state index is 3.63.